The molecule has 3 fully saturated rings. The highest BCUT2D eigenvalue weighted by Crippen LogP contribution is 2.33. The predicted molar refractivity (Wildman–Crippen MR) is 341 cm³/mol. The minimum atomic E-state index is -1.99. The van der Waals surface area contributed by atoms with E-state index in [1.165, 1.54) is 57.8 Å². The van der Waals surface area contributed by atoms with E-state index in [9.17, 15) is 61.0 Å². The number of nitrogens with one attached hydrogen (secondary N) is 1. The van der Waals surface area contributed by atoms with Crippen molar-refractivity contribution in [2.75, 3.05) is 26.4 Å². The molecule has 19 heteroatoms. The molecule has 1 amide bonds. The fourth-order valence-electron chi connectivity index (χ4n) is 10.2. The summed E-state index contributed by atoms with van der Waals surface area (Å²) in [7, 11) is 0. The van der Waals surface area contributed by atoms with Crippen molar-refractivity contribution in [3.8, 4) is 0 Å². The van der Waals surface area contributed by atoms with E-state index in [1.54, 1.807) is 6.08 Å². The molecule has 19 nitrogen and oxygen atoms in total. The quantitative estimate of drug-likeness (QED) is 0.0206. The Hall–Kier alpha value is -3.81. The monoisotopic (exact) mass is 1240 g/mol. The zero-order valence-electron chi connectivity index (χ0n) is 52.6. The number of aliphatic hydroxyl groups is 11. The summed E-state index contributed by atoms with van der Waals surface area (Å²) in [4.78, 5) is 13.4. The second kappa shape index (κ2) is 49.8. The van der Waals surface area contributed by atoms with Crippen molar-refractivity contribution in [2.45, 2.75) is 279 Å². The number of allylic oxidation sites excluding steroid dienone is 19. The summed E-state index contributed by atoms with van der Waals surface area (Å²) < 4.78 is 34.2. The third kappa shape index (κ3) is 32.0. The van der Waals surface area contributed by atoms with Crippen LogP contribution >= 0.6 is 0 Å². The van der Waals surface area contributed by atoms with E-state index in [4.69, 9.17) is 28.4 Å². The van der Waals surface area contributed by atoms with Gasteiger partial charge in [0.1, 0.15) is 73.2 Å². The summed E-state index contributed by atoms with van der Waals surface area (Å²) in [5, 5.41) is 120. The summed E-state index contributed by atoms with van der Waals surface area (Å²) in [6.45, 7) is 1.53. The van der Waals surface area contributed by atoms with Crippen molar-refractivity contribution >= 4 is 5.91 Å². The second-order valence-electron chi connectivity index (χ2n) is 22.8. The van der Waals surface area contributed by atoms with Crippen LogP contribution in [0.15, 0.2) is 122 Å². The van der Waals surface area contributed by atoms with Gasteiger partial charge in [0.05, 0.1) is 38.6 Å². The summed E-state index contributed by atoms with van der Waals surface area (Å²) in [6.07, 6.45) is 40.3. The maximum atomic E-state index is 13.4. The number of ether oxygens (including phenoxy) is 6. The van der Waals surface area contributed by atoms with Gasteiger partial charge >= 0.3 is 0 Å². The first-order chi connectivity index (χ1) is 42.8. The summed E-state index contributed by atoms with van der Waals surface area (Å²) in [6, 6.07) is -1.02. The van der Waals surface area contributed by atoms with Crippen LogP contribution in [0.4, 0.5) is 0 Å². The van der Waals surface area contributed by atoms with Gasteiger partial charge in [-0.15, -0.1) is 0 Å². The summed E-state index contributed by atoms with van der Waals surface area (Å²) in [5.41, 5.74) is 0. The average molecular weight is 1240 g/mol. The number of rotatable bonds is 47. The van der Waals surface area contributed by atoms with Crippen molar-refractivity contribution < 1.29 is 89.4 Å². The Morgan fingerprint density at radius 1 is 0.420 bits per heavy atom. The van der Waals surface area contributed by atoms with E-state index in [0.717, 1.165) is 83.5 Å². The smallest absolute Gasteiger partial charge is 0.220 e. The van der Waals surface area contributed by atoms with Gasteiger partial charge in [-0.1, -0.05) is 193 Å². The number of aliphatic hydroxyl groups excluding tert-OH is 11. The van der Waals surface area contributed by atoms with Gasteiger partial charge in [-0.3, -0.25) is 4.79 Å². The maximum absolute atomic E-state index is 13.4. The molecule has 3 heterocycles. The molecule has 17 unspecified atom stereocenters. The number of hydrogen-bond donors (Lipinski definition) is 12. The zero-order chi connectivity index (χ0) is 64.0. The zero-order valence-corrected chi connectivity index (χ0v) is 52.6. The fraction of sp³-hybridized carbons (Fsp3) is 0.696. The Kier molecular flexibility index (Phi) is 44.4. The molecule has 0 spiro atoms. The molecular formula is C69H113NO18. The van der Waals surface area contributed by atoms with Crippen molar-refractivity contribution in [3.63, 3.8) is 0 Å². The highest BCUT2D eigenvalue weighted by molar-refractivity contribution is 5.76. The van der Waals surface area contributed by atoms with Crippen LogP contribution in [0.1, 0.15) is 174 Å². The molecule has 3 saturated heterocycles. The maximum Gasteiger partial charge on any atom is 0.220 e. The van der Waals surface area contributed by atoms with Gasteiger partial charge in [-0.2, -0.15) is 0 Å². The molecule has 3 aliphatic heterocycles. The number of carbonyl (C=O) groups is 1. The van der Waals surface area contributed by atoms with Crippen LogP contribution in [0, 0.1) is 0 Å². The molecule has 0 aromatic rings. The lowest BCUT2D eigenvalue weighted by Crippen LogP contribution is -2.66. The number of unbranched alkanes of at least 4 members (excludes halogenated alkanes) is 13. The molecule has 12 N–H and O–H groups in total. The number of carbonyl (C=O) groups excluding carboxylic acids is 1. The van der Waals surface area contributed by atoms with Crippen LogP contribution < -0.4 is 5.32 Å². The Morgan fingerprint density at radius 2 is 0.795 bits per heavy atom. The Morgan fingerprint density at radius 3 is 1.27 bits per heavy atom. The molecule has 0 aliphatic carbocycles. The lowest BCUT2D eigenvalue weighted by molar-refractivity contribution is -0.379. The van der Waals surface area contributed by atoms with Crippen molar-refractivity contribution in [1.82, 2.24) is 5.32 Å². The van der Waals surface area contributed by atoms with Crippen molar-refractivity contribution in [1.29, 1.82) is 0 Å². The SMILES string of the molecule is CC/C=C\C/C=C\C/C=C\C/C=C\C/C=C\C/C=C\C/C=C\C/C=C\CCCCC(=O)NC(COC1OC(CO)C(OC2OC(CO)C(OC3OC(CO)C(O)C(O)C3O)C(O)C2O)C(O)C1O)C(O)/C=C/CC/C=C/CCCCCCCCCCCC. The van der Waals surface area contributed by atoms with E-state index < -0.39 is 131 Å². The molecule has 502 valence electrons. The highest BCUT2D eigenvalue weighted by atomic mass is 16.8. The van der Waals surface area contributed by atoms with Crippen LogP contribution in [0.25, 0.3) is 0 Å². The minimum Gasteiger partial charge on any atom is -0.394 e. The van der Waals surface area contributed by atoms with Gasteiger partial charge in [0.15, 0.2) is 18.9 Å². The van der Waals surface area contributed by atoms with E-state index >= 15 is 0 Å². The first-order valence-corrected chi connectivity index (χ1v) is 32.8. The molecule has 0 aromatic carbocycles. The molecular weight excluding hydrogens is 1130 g/mol. The van der Waals surface area contributed by atoms with E-state index in [1.807, 2.05) is 6.08 Å². The summed E-state index contributed by atoms with van der Waals surface area (Å²) >= 11 is 0. The Balaban J connectivity index is 1.49. The normalized spacial score (nSPS) is 29.2. The van der Waals surface area contributed by atoms with E-state index in [2.05, 4.69) is 129 Å². The number of amides is 1. The largest absolute Gasteiger partial charge is 0.394 e. The Labute approximate surface area is 525 Å². The standard InChI is InChI=1S/C69H113NO18/c1-3-5-7-9-11-13-15-17-19-21-22-23-24-25-26-27-28-29-30-31-33-35-37-39-41-43-45-47-57(75)70-52(53(74)46-44-42-40-38-36-34-32-20-18-16-14-12-10-8-6-4-2)51-83-67-63(81)60(78)65(55(49-72)85-67)88-69-64(82)61(79)66(56(50-73)86-69)87-68-62(80)59(77)58(76)54(48-71)84-68/h5,7,11,13,17,19,22-23,25-26,28-29,31,33,36-39,44,46,52-56,58-69,71-74,76-82H,3-4,6,8-10,12,14-16,18,20-21,24,27,30,32,34-35,40-43,45,47-51H2,1-2H3,(H,70,75)/b7-5-,13-11-,19-17-,23-22-,26-25-,29-28-,33-31-,38-36+,39-37-,46-44+. The van der Waals surface area contributed by atoms with Crippen molar-refractivity contribution in [3.05, 3.63) is 122 Å². The number of hydrogen-bond acceptors (Lipinski definition) is 18. The van der Waals surface area contributed by atoms with Gasteiger partial charge < -0.3 is 89.9 Å². The molecule has 3 aliphatic rings. The Bertz CT molecular complexity index is 2070. The van der Waals surface area contributed by atoms with Crippen LogP contribution in [0.5, 0.6) is 0 Å². The third-order valence-corrected chi connectivity index (χ3v) is 15.5. The first kappa shape index (κ1) is 78.4. The lowest BCUT2D eigenvalue weighted by atomic mass is 9.96. The van der Waals surface area contributed by atoms with Crippen molar-refractivity contribution in [2.24, 2.45) is 0 Å². The van der Waals surface area contributed by atoms with Gasteiger partial charge in [0.2, 0.25) is 5.91 Å². The summed E-state index contributed by atoms with van der Waals surface area (Å²) in [5.74, 6) is -0.334. The molecule has 3 rings (SSSR count). The van der Waals surface area contributed by atoms with E-state index in [0.29, 0.717) is 12.8 Å². The fourth-order valence-corrected chi connectivity index (χ4v) is 10.2. The molecule has 88 heavy (non-hydrogen) atoms. The van der Waals surface area contributed by atoms with Gasteiger partial charge in [-0.05, 0) is 96.3 Å². The lowest BCUT2D eigenvalue weighted by Gasteiger charge is -2.48. The van der Waals surface area contributed by atoms with Gasteiger partial charge in [-0.25, -0.2) is 0 Å². The topological polar surface area (TPSA) is 307 Å². The minimum absolute atomic E-state index is 0.172. The third-order valence-electron chi connectivity index (χ3n) is 15.5. The van der Waals surface area contributed by atoms with Gasteiger partial charge in [0, 0.05) is 6.42 Å². The molecule has 0 aromatic heterocycles. The molecule has 0 bridgehead atoms. The molecule has 0 radical (unpaired) electrons. The van der Waals surface area contributed by atoms with Crippen LogP contribution in [-0.4, -0.2) is 193 Å². The predicted octanol–water partition coefficient (Wildman–Crippen LogP) is 7.65. The van der Waals surface area contributed by atoms with E-state index in [-0.39, 0.29) is 12.3 Å². The van der Waals surface area contributed by atoms with Crippen LogP contribution in [0.3, 0.4) is 0 Å². The van der Waals surface area contributed by atoms with Gasteiger partial charge in [0.25, 0.3) is 0 Å². The van der Waals surface area contributed by atoms with Crippen LogP contribution in [-0.2, 0) is 33.2 Å². The van der Waals surface area contributed by atoms with Crippen LogP contribution in [0.2, 0.25) is 0 Å². The molecule has 0 saturated carbocycles. The average Bonchev–Trinajstić information content (AvgIpc) is 3.39. The molecule has 17 atom stereocenters. The highest BCUT2D eigenvalue weighted by Gasteiger charge is 2.53. The first-order valence-electron chi connectivity index (χ1n) is 32.8. The second-order valence-corrected chi connectivity index (χ2v) is 22.8.